The predicted molar refractivity (Wildman–Crippen MR) is 77.6 cm³/mol. The number of nitrogens with one attached hydrogen (secondary N) is 1. The van der Waals surface area contributed by atoms with Gasteiger partial charge in [0.25, 0.3) is 0 Å². The van der Waals surface area contributed by atoms with Gasteiger partial charge in [-0.25, -0.2) is 4.39 Å². The van der Waals surface area contributed by atoms with E-state index in [1.807, 2.05) is 11.8 Å². The Hall–Kier alpha value is -1.66. The molecule has 5 nitrogen and oxygen atoms in total. The molecule has 21 heavy (non-hydrogen) atoms. The molecule has 1 fully saturated rings. The molecule has 0 aromatic heterocycles. The first-order valence-electron chi connectivity index (χ1n) is 7.19. The van der Waals surface area contributed by atoms with Crippen molar-refractivity contribution in [3.05, 3.63) is 29.6 Å². The third-order valence-electron chi connectivity index (χ3n) is 3.54. The molecule has 2 N–H and O–H groups in total. The van der Waals surface area contributed by atoms with Gasteiger partial charge in [-0.1, -0.05) is 13.0 Å². The van der Waals surface area contributed by atoms with E-state index in [9.17, 15) is 14.3 Å². The molecule has 0 radical (unpaired) electrons. The number of nitrogens with zero attached hydrogens (tertiary/aromatic N) is 1. The molecule has 0 bridgehead atoms. The second-order valence-electron chi connectivity index (χ2n) is 4.97. The first kappa shape index (κ1) is 15.7. The molecule has 0 saturated carbocycles. The Balaban J connectivity index is 2.26. The number of amides is 1. The van der Waals surface area contributed by atoms with Gasteiger partial charge in [0.1, 0.15) is 11.9 Å². The standard InChI is InChI=1S/C15H21FN2O3/c1-2-6-17-15(20)14-10-21-8-7-18(14)13-5-3-4-12(16)11(13)9-19/h3-5,14,19H,2,6-10H2,1H3,(H,17,20). The van der Waals surface area contributed by atoms with Crippen LogP contribution < -0.4 is 10.2 Å². The van der Waals surface area contributed by atoms with E-state index in [0.717, 1.165) is 6.42 Å². The van der Waals surface area contributed by atoms with E-state index < -0.39 is 18.5 Å². The highest BCUT2D eigenvalue weighted by Crippen LogP contribution is 2.26. The van der Waals surface area contributed by atoms with Crippen LogP contribution in [0.15, 0.2) is 18.2 Å². The second-order valence-corrected chi connectivity index (χ2v) is 4.97. The van der Waals surface area contributed by atoms with Crippen LogP contribution in [0.5, 0.6) is 0 Å². The Labute approximate surface area is 123 Å². The third-order valence-corrected chi connectivity index (χ3v) is 3.54. The Morgan fingerprint density at radius 3 is 3.10 bits per heavy atom. The molecule has 6 heteroatoms. The number of halogens is 1. The number of anilines is 1. The number of carbonyl (C=O) groups excluding carboxylic acids is 1. The normalized spacial score (nSPS) is 18.6. The van der Waals surface area contributed by atoms with Gasteiger partial charge < -0.3 is 20.1 Å². The highest BCUT2D eigenvalue weighted by Gasteiger charge is 2.31. The summed E-state index contributed by atoms with van der Waals surface area (Å²) in [4.78, 5) is 14.0. The van der Waals surface area contributed by atoms with Gasteiger partial charge in [-0.05, 0) is 18.6 Å². The van der Waals surface area contributed by atoms with E-state index in [0.29, 0.717) is 25.4 Å². The summed E-state index contributed by atoms with van der Waals surface area (Å²) in [7, 11) is 0. The Kier molecular flexibility index (Phi) is 5.52. The fourth-order valence-electron chi connectivity index (χ4n) is 2.45. The maximum atomic E-state index is 13.8. The van der Waals surface area contributed by atoms with E-state index in [-0.39, 0.29) is 18.1 Å². The fraction of sp³-hybridized carbons (Fsp3) is 0.533. The molecule has 1 saturated heterocycles. The monoisotopic (exact) mass is 296 g/mol. The minimum Gasteiger partial charge on any atom is -0.391 e. The first-order valence-corrected chi connectivity index (χ1v) is 7.19. The van der Waals surface area contributed by atoms with Crippen LogP contribution in [0, 0.1) is 5.82 Å². The molecule has 2 rings (SSSR count). The minimum atomic E-state index is -0.502. The van der Waals surface area contributed by atoms with Gasteiger partial charge in [-0.15, -0.1) is 0 Å². The summed E-state index contributed by atoms with van der Waals surface area (Å²) in [6.45, 7) is 3.39. The number of rotatable bonds is 5. The van der Waals surface area contributed by atoms with Gasteiger partial charge in [0.2, 0.25) is 5.91 Å². The smallest absolute Gasteiger partial charge is 0.245 e. The largest absolute Gasteiger partial charge is 0.391 e. The highest BCUT2D eigenvalue weighted by molar-refractivity contribution is 5.86. The van der Waals surface area contributed by atoms with Crippen LogP contribution >= 0.6 is 0 Å². The Morgan fingerprint density at radius 2 is 2.38 bits per heavy atom. The van der Waals surface area contributed by atoms with Crippen molar-refractivity contribution in [3.8, 4) is 0 Å². The Morgan fingerprint density at radius 1 is 1.57 bits per heavy atom. The molecule has 0 spiro atoms. The lowest BCUT2D eigenvalue weighted by Crippen LogP contribution is -2.54. The van der Waals surface area contributed by atoms with Crippen molar-refractivity contribution in [2.75, 3.05) is 31.2 Å². The Bertz CT molecular complexity index is 496. The molecule has 1 aliphatic heterocycles. The van der Waals surface area contributed by atoms with E-state index in [1.54, 1.807) is 12.1 Å². The van der Waals surface area contributed by atoms with Crippen LogP contribution in [-0.2, 0) is 16.1 Å². The number of carbonyl (C=O) groups is 1. The van der Waals surface area contributed by atoms with Gasteiger partial charge in [0.15, 0.2) is 0 Å². The number of benzene rings is 1. The first-order chi connectivity index (χ1) is 10.2. The van der Waals surface area contributed by atoms with E-state index >= 15 is 0 Å². The number of hydrogen-bond acceptors (Lipinski definition) is 4. The summed E-state index contributed by atoms with van der Waals surface area (Å²) in [6, 6.07) is 4.11. The summed E-state index contributed by atoms with van der Waals surface area (Å²) < 4.78 is 19.2. The van der Waals surface area contributed by atoms with Gasteiger partial charge in [0.05, 0.1) is 19.8 Å². The van der Waals surface area contributed by atoms with Crippen LogP contribution in [0.3, 0.4) is 0 Å². The summed E-state index contributed by atoms with van der Waals surface area (Å²) in [5.74, 6) is -0.598. The quantitative estimate of drug-likeness (QED) is 0.852. The maximum Gasteiger partial charge on any atom is 0.245 e. The lowest BCUT2D eigenvalue weighted by Gasteiger charge is -2.37. The SMILES string of the molecule is CCCNC(=O)C1COCCN1c1cccc(F)c1CO. The zero-order valence-corrected chi connectivity index (χ0v) is 12.1. The number of aliphatic hydroxyl groups excluding tert-OH is 1. The fourth-order valence-corrected chi connectivity index (χ4v) is 2.45. The molecular formula is C15H21FN2O3. The van der Waals surface area contributed by atoms with Crippen LogP contribution in [0.25, 0.3) is 0 Å². The lowest BCUT2D eigenvalue weighted by molar-refractivity contribution is -0.124. The van der Waals surface area contributed by atoms with Gasteiger partial charge >= 0.3 is 0 Å². The average Bonchev–Trinajstić information content (AvgIpc) is 2.52. The summed E-state index contributed by atoms with van der Waals surface area (Å²) in [6.07, 6.45) is 0.848. The zero-order valence-electron chi connectivity index (χ0n) is 12.1. The average molecular weight is 296 g/mol. The van der Waals surface area contributed by atoms with E-state index in [4.69, 9.17) is 4.74 Å². The molecule has 1 aliphatic rings. The number of morpholine rings is 1. The van der Waals surface area contributed by atoms with Crippen molar-refractivity contribution in [1.29, 1.82) is 0 Å². The van der Waals surface area contributed by atoms with Crippen molar-refractivity contribution in [2.45, 2.75) is 26.0 Å². The van der Waals surface area contributed by atoms with Crippen molar-refractivity contribution >= 4 is 11.6 Å². The van der Waals surface area contributed by atoms with Crippen LogP contribution in [0.1, 0.15) is 18.9 Å². The predicted octanol–water partition coefficient (Wildman–Crippen LogP) is 1.05. The van der Waals surface area contributed by atoms with Crippen molar-refractivity contribution in [2.24, 2.45) is 0 Å². The number of hydrogen-bond donors (Lipinski definition) is 2. The molecule has 1 heterocycles. The summed E-state index contributed by atoms with van der Waals surface area (Å²) in [5, 5.41) is 12.2. The van der Waals surface area contributed by atoms with Gasteiger partial charge in [-0.3, -0.25) is 4.79 Å². The second kappa shape index (κ2) is 7.38. The number of ether oxygens (including phenoxy) is 1. The molecule has 1 amide bonds. The van der Waals surface area contributed by atoms with Gasteiger partial charge in [0, 0.05) is 24.3 Å². The molecule has 1 aromatic rings. The molecule has 1 unspecified atom stereocenters. The molecule has 1 atom stereocenters. The number of aliphatic hydroxyl groups is 1. The third kappa shape index (κ3) is 3.51. The lowest BCUT2D eigenvalue weighted by atomic mass is 10.1. The molecular weight excluding hydrogens is 275 g/mol. The van der Waals surface area contributed by atoms with Crippen LogP contribution in [0.2, 0.25) is 0 Å². The van der Waals surface area contributed by atoms with Crippen LogP contribution in [0.4, 0.5) is 10.1 Å². The van der Waals surface area contributed by atoms with E-state index in [2.05, 4.69) is 5.32 Å². The van der Waals surface area contributed by atoms with Crippen molar-refractivity contribution < 1.29 is 19.0 Å². The molecule has 0 aliphatic carbocycles. The molecule has 116 valence electrons. The molecule has 1 aromatic carbocycles. The summed E-state index contributed by atoms with van der Waals surface area (Å²) >= 11 is 0. The van der Waals surface area contributed by atoms with Crippen molar-refractivity contribution in [3.63, 3.8) is 0 Å². The van der Waals surface area contributed by atoms with Crippen molar-refractivity contribution in [1.82, 2.24) is 5.32 Å². The van der Waals surface area contributed by atoms with Crippen LogP contribution in [-0.4, -0.2) is 43.4 Å². The zero-order chi connectivity index (χ0) is 15.2. The minimum absolute atomic E-state index is 0.135. The maximum absolute atomic E-state index is 13.8. The van der Waals surface area contributed by atoms with E-state index in [1.165, 1.54) is 6.07 Å². The topological polar surface area (TPSA) is 61.8 Å². The summed E-state index contributed by atoms with van der Waals surface area (Å²) in [5.41, 5.74) is 0.769. The van der Waals surface area contributed by atoms with Gasteiger partial charge in [-0.2, -0.15) is 0 Å². The highest BCUT2D eigenvalue weighted by atomic mass is 19.1.